The maximum Gasteiger partial charge on any atom is 0.243 e. The van der Waals surface area contributed by atoms with Crippen molar-refractivity contribution in [2.75, 3.05) is 19.6 Å². The van der Waals surface area contributed by atoms with Crippen molar-refractivity contribution in [1.29, 1.82) is 0 Å². The molecular weight excluding hydrogens is 302 g/mol. The molecule has 2 fully saturated rings. The first-order valence-electron chi connectivity index (χ1n) is 8.26. The van der Waals surface area contributed by atoms with Crippen LogP contribution in [0.1, 0.15) is 52.4 Å². The molecule has 1 atom stereocenters. The number of carbonyl (C=O) groups excluding carboxylic acids is 2. The fraction of sp³-hybridized carbons (Fsp3) is 0.875. The van der Waals surface area contributed by atoms with Gasteiger partial charge in [-0.15, -0.1) is 12.4 Å². The van der Waals surface area contributed by atoms with Crippen LogP contribution in [-0.2, 0) is 9.59 Å². The quantitative estimate of drug-likeness (QED) is 0.823. The average molecular weight is 332 g/mol. The van der Waals surface area contributed by atoms with Gasteiger partial charge in [0.15, 0.2) is 0 Å². The zero-order valence-electron chi connectivity index (χ0n) is 13.8. The van der Waals surface area contributed by atoms with Gasteiger partial charge in [-0.05, 0) is 30.7 Å². The molecule has 1 aliphatic carbocycles. The minimum Gasteiger partial charge on any atom is -0.353 e. The second-order valence-electron chi connectivity index (χ2n) is 7.01. The summed E-state index contributed by atoms with van der Waals surface area (Å²) >= 11 is 0. The van der Waals surface area contributed by atoms with E-state index in [1.54, 1.807) is 4.90 Å². The maximum atomic E-state index is 12.8. The molecule has 0 aromatic heterocycles. The van der Waals surface area contributed by atoms with Crippen molar-refractivity contribution in [3.05, 3.63) is 0 Å². The van der Waals surface area contributed by atoms with Gasteiger partial charge in [-0.1, -0.05) is 33.1 Å². The molecule has 0 spiro atoms. The Labute approximate surface area is 139 Å². The highest BCUT2D eigenvalue weighted by Crippen LogP contribution is 2.39. The van der Waals surface area contributed by atoms with E-state index in [0.29, 0.717) is 26.1 Å². The van der Waals surface area contributed by atoms with E-state index >= 15 is 0 Å². The van der Waals surface area contributed by atoms with Crippen LogP contribution in [0.3, 0.4) is 0 Å². The second kappa shape index (κ2) is 8.16. The first-order chi connectivity index (χ1) is 9.99. The predicted molar refractivity (Wildman–Crippen MR) is 89.8 cm³/mol. The SMILES string of the molecule is CC(C)C1C(=O)NCCN1C(=O)CC1(CN)CCCCC1.Cl. The smallest absolute Gasteiger partial charge is 0.243 e. The highest BCUT2D eigenvalue weighted by Gasteiger charge is 2.39. The number of halogens is 1. The summed E-state index contributed by atoms with van der Waals surface area (Å²) in [5, 5.41) is 2.87. The van der Waals surface area contributed by atoms with Crippen molar-refractivity contribution in [2.45, 2.75) is 58.4 Å². The third kappa shape index (κ3) is 4.13. The van der Waals surface area contributed by atoms with Crippen molar-refractivity contribution in [1.82, 2.24) is 10.2 Å². The molecule has 6 heteroatoms. The summed E-state index contributed by atoms with van der Waals surface area (Å²) < 4.78 is 0. The molecule has 1 aliphatic heterocycles. The summed E-state index contributed by atoms with van der Waals surface area (Å²) in [5.41, 5.74) is 5.95. The summed E-state index contributed by atoms with van der Waals surface area (Å²) in [6.45, 7) is 5.74. The molecule has 22 heavy (non-hydrogen) atoms. The second-order valence-corrected chi connectivity index (χ2v) is 7.01. The number of rotatable bonds is 4. The summed E-state index contributed by atoms with van der Waals surface area (Å²) in [6.07, 6.45) is 6.16. The number of nitrogens with one attached hydrogen (secondary N) is 1. The van der Waals surface area contributed by atoms with Crippen molar-refractivity contribution in [3.63, 3.8) is 0 Å². The topological polar surface area (TPSA) is 75.4 Å². The highest BCUT2D eigenvalue weighted by atomic mass is 35.5. The maximum absolute atomic E-state index is 12.8. The van der Waals surface area contributed by atoms with E-state index in [-0.39, 0.29) is 41.6 Å². The van der Waals surface area contributed by atoms with E-state index in [1.807, 2.05) is 13.8 Å². The van der Waals surface area contributed by atoms with E-state index in [0.717, 1.165) is 12.8 Å². The van der Waals surface area contributed by atoms with E-state index in [1.165, 1.54) is 19.3 Å². The minimum absolute atomic E-state index is 0. The number of carbonyl (C=O) groups is 2. The lowest BCUT2D eigenvalue weighted by Gasteiger charge is -2.41. The summed E-state index contributed by atoms with van der Waals surface area (Å²) in [5.74, 6) is 0.223. The normalized spacial score (nSPS) is 24.6. The molecule has 1 unspecified atom stereocenters. The van der Waals surface area contributed by atoms with Crippen LogP contribution in [-0.4, -0.2) is 42.4 Å². The molecule has 5 nitrogen and oxygen atoms in total. The van der Waals surface area contributed by atoms with Crippen LogP contribution in [0.5, 0.6) is 0 Å². The fourth-order valence-corrected chi connectivity index (χ4v) is 3.80. The number of hydrogen-bond acceptors (Lipinski definition) is 3. The van der Waals surface area contributed by atoms with Crippen LogP contribution in [0, 0.1) is 11.3 Å². The Morgan fingerprint density at radius 1 is 1.36 bits per heavy atom. The molecule has 3 N–H and O–H groups in total. The Morgan fingerprint density at radius 2 is 2.00 bits per heavy atom. The third-order valence-corrected chi connectivity index (χ3v) is 5.08. The Balaban J connectivity index is 0.00000242. The first-order valence-corrected chi connectivity index (χ1v) is 8.26. The molecule has 1 saturated carbocycles. The number of amides is 2. The van der Waals surface area contributed by atoms with Gasteiger partial charge < -0.3 is 16.0 Å². The van der Waals surface area contributed by atoms with Crippen LogP contribution < -0.4 is 11.1 Å². The van der Waals surface area contributed by atoms with Gasteiger partial charge in [-0.3, -0.25) is 9.59 Å². The summed E-state index contributed by atoms with van der Waals surface area (Å²) in [4.78, 5) is 26.6. The van der Waals surface area contributed by atoms with E-state index in [4.69, 9.17) is 5.73 Å². The number of piperazine rings is 1. The average Bonchev–Trinajstić information content (AvgIpc) is 2.47. The lowest BCUT2D eigenvalue weighted by Crippen LogP contribution is -2.59. The molecule has 128 valence electrons. The molecule has 2 rings (SSSR count). The van der Waals surface area contributed by atoms with Crippen LogP contribution in [0.4, 0.5) is 0 Å². The standard InChI is InChI=1S/C16H29N3O2.ClH/c1-12(2)14-15(21)18-8-9-19(14)13(20)10-16(11-17)6-4-3-5-7-16;/h12,14H,3-11,17H2,1-2H3,(H,18,21);1H. The Bertz CT molecular complexity index is 395. The van der Waals surface area contributed by atoms with Gasteiger partial charge >= 0.3 is 0 Å². The van der Waals surface area contributed by atoms with Gasteiger partial charge in [-0.2, -0.15) is 0 Å². The molecule has 2 aliphatic rings. The fourth-order valence-electron chi connectivity index (χ4n) is 3.80. The van der Waals surface area contributed by atoms with Gasteiger partial charge in [0.2, 0.25) is 11.8 Å². The molecule has 0 aromatic rings. The van der Waals surface area contributed by atoms with Gasteiger partial charge in [0, 0.05) is 19.5 Å². The van der Waals surface area contributed by atoms with Gasteiger partial charge in [-0.25, -0.2) is 0 Å². The van der Waals surface area contributed by atoms with Gasteiger partial charge in [0.1, 0.15) is 6.04 Å². The van der Waals surface area contributed by atoms with E-state index < -0.39 is 0 Å². The highest BCUT2D eigenvalue weighted by molar-refractivity contribution is 5.89. The molecule has 0 aromatic carbocycles. The van der Waals surface area contributed by atoms with Gasteiger partial charge in [0.05, 0.1) is 0 Å². The van der Waals surface area contributed by atoms with Crippen molar-refractivity contribution >= 4 is 24.2 Å². The first kappa shape index (κ1) is 19.2. The Hall–Kier alpha value is -0.810. The number of hydrogen-bond donors (Lipinski definition) is 2. The monoisotopic (exact) mass is 331 g/mol. The Kier molecular flexibility index (Phi) is 7.13. The summed E-state index contributed by atoms with van der Waals surface area (Å²) in [7, 11) is 0. The van der Waals surface area contributed by atoms with E-state index in [2.05, 4.69) is 5.32 Å². The third-order valence-electron chi connectivity index (χ3n) is 5.08. The predicted octanol–water partition coefficient (Wildman–Crippen LogP) is 1.69. The molecule has 1 heterocycles. The number of nitrogens with two attached hydrogens (primary N) is 1. The zero-order chi connectivity index (χ0) is 15.5. The molecule has 0 radical (unpaired) electrons. The minimum atomic E-state index is -0.329. The summed E-state index contributed by atoms with van der Waals surface area (Å²) in [6, 6.07) is -0.329. The lowest BCUT2D eigenvalue weighted by molar-refractivity contribution is -0.147. The number of nitrogens with zero attached hydrogens (tertiary/aromatic N) is 1. The van der Waals surface area contributed by atoms with Crippen LogP contribution in [0.15, 0.2) is 0 Å². The van der Waals surface area contributed by atoms with Crippen LogP contribution >= 0.6 is 12.4 Å². The molecule has 0 bridgehead atoms. The zero-order valence-corrected chi connectivity index (χ0v) is 14.6. The van der Waals surface area contributed by atoms with Crippen LogP contribution in [0.25, 0.3) is 0 Å². The molecule has 2 amide bonds. The van der Waals surface area contributed by atoms with Crippen LogP contribution in [0.2, 0.25) is 0 Å². The molecular formula is C16H30ClN3O2. The lowest BCUT2D eigenvalue weighted by atomic mass is 9.71. The van der Waals surface area contributed by atoms with Crippen molar-refractivity contribution < 1.29 is 9.59 Å². The largest absolute Gasteiger partial charge is 0.353 e. The van der Waals surface area contributed by atoms with E-state index in [9.17, 15) is 9.59 Å². The van der Waals surface area contributed by atoms with Crippen molar-refractivity contribution in [2.24, 2.45) is 17.1 Å². The Morgan fingerprint density at radius 3 is 2.55 bits per heavy atom. The van der Waals surface area contributed by atoms with Crippen molar-refractivity contribution in [3.8, 4) is 0 Å². The van der Waals surface area contributed by atoms with Gasteiger partial charge in [0.25, 0.3) is 0 Å². The molecule has 1 saturated heterocycles.